The van der Waals surface area contributed by atoms with Gasteiger partial charge in [-0.3, -0.25) is 4.79 Å². The van der Waals surface area contributed by atoms with Crippen LogP contribution in [0, 0.1) is 0 Å². The molecule has 1 N–H and O–H groups in total. The zero-order valence-corrected chi connectivity index (χ0v) is 18.4. The Morgan fingerprint density at radius 1 is 1.10 bits per heavy atom. The van der Waals surface area contributed by atoms with E-state index < -0.39 is 5.97 Å². The van der Waals surface area contributed by atoms with Crippen molar-refractivity contribution in [1.82, 2.24) is 0 Å². The largest absolute Gasteiger partial charge is 0.490 e. The fourth-order valence-electron chi connectivity index (χ4n) is 3.47. The van der Waals surface area contributed by atoms with Gasteiger partial charge in [-0.25, -0.2) is 4.79 Å². The van der Waals surface area contributed by atoms with Crippen molar-refractivity contribution in [3.63, 3.8) is 0 Å². The van der Waals surface area contributed by atoms with Gasteiger partial charge in [-0.1, -0.05) is 6.07 Å². The lowest BCUT2D eigenvalue weighted by Crippen LogP contribution is -2.13. The van der Waals surface area contributed by atoms with Crippen molar-refractivity contribution in [3.8, 4) is 11.5 Å². The molecule has 1 aliphatic rings. The van der Waals surface area contributed by atoms with Crippen LogP contribution in [0.15, 0.2) is 24.3 Å². The van der Waals surface area contributed by atoms with Crippen LogP contribution in [0.5, 0.6) is 11.5 Å². The molecule has 0 saturated carbocycles. The summed E-state index contributed by atoms with van der Waals surface area (Å²) in [6.07, 6.45) is 7.07. The second-order valence-electron chi connectivity index (χ2n) is 6.80. The molecule has 1 aliphatic carbocycles. The van der Waals surface area contributed by atoms with E-state index in [2.05, 4.69) is 5.32 Å². The van der Waals surface area contributed by atoms with Crippen molar-refractivity contribution >= 4 is 34.3 Å². The maximum absolute atomic E-state index is 12.5. The van der Waals surface area contributed by atoms with Crippen LogP contribution in [0.1, 0.15) is 53.1 Å². The van der Waals surface area contributed by atoms with E-state index in [0.29, 0.717) is 35.3 Å². The minimum absolute atomic E-state index is 0.300. The first-order chi connectivity index (χ1) is 14.6. The molecule has 0 aliphatic heterocycles. The van der Waals surface area contributed by atoms with Crippen LogP contribution in [0.2, 0.25) is 0 Å². The summed E-state index contributed by atoms with van der Waals surface area (Å²) >= 11 is 1.47. The summed E-state index contributed by atoms with van der Waals surface area (Å²) in [5.74, 6) is 0.612. The molecule has 2 aromatic rings. The standard InChI is InChI=1S/C23H27NO5S/c1-4-28-17-12-10-15(14-18(17)29-5-2)11-13-20(25)24-22-21(23(26)27-3)16-8-6-7-9-19(16)30-22/h10-14H,4-9H2,1-3H3,(H,24,25)/b13-11+. The van der Waals surface area contributed by atoms with Crippen LogP contribution in [-0.2, 0) is 22.4 Å². The van der Waals surface area contributed by atoms with E-state index in [-0.39, 0.29) is 5.91 Å². The number of fused-ring (bicyclic) bond motifs is 1. The molecule has 0 fully saturated rings. The van der Waals surface area contributed by atoms with Crippen LogP contribution >= 0.6 is 11.3 Å². The Hall–Kier alpha value is -2.80. The number of carbonyl (C=O) groups is 2. The molecule has 7 heteroatoms. The van der Waals surface area contributed by atoms with Crippen LogP contribution < -0.4 is 14.8 Å². The molecular weight excluding hydrogens is 402 g/mol. The van der Waals surface area contributed by atoms with Crippen LogP contribution in [0.25, 0.3) is 6.08 Å². The first-order valence-electron chi connectivity index (χ1n) is 10.2. The lowest BCUT2D eigenvalue weighted by Gasteiger charge is -2.11. The third-order valence-corrected chi connectivity index (χ3v) is 6.00. The van der Waals surface area contributed by atoms with Crippen LogP contribution in [0.3, 0.4) is 0 Å². The van der Waals surface area contributed by atoms with E-state index in [9.17, 15) is 9.59 Å². The van der Waals surface area contributed by atoms with E-state index in [1.54, 1.807) is 6.08 Å². The van der Waals surface area contributed by atoms with E-state index >= 15 is 0 Å². The monoisotopic (exact) mass is 429 g/mol. The summed E-state index contributed by atoms with van der Waals surface area (Å²) in [4.78, 5) is 26.0. The molecule has 0 unspecified atom stereocenters. The molecule has 0 spiro atoms. The Balaban J connectivity index is 1.77. The lowest BCUT2D eigenvalue weighted by molar-refractivity contribution is -0.111. The number of carbonyl (C=O) groups excluding carboxylic acids is 2. The van der Waals surface area contributed by atoms with Gasteiger partial charge in [-0.05, 0) is 68.9 Å². The van der Waals surface area contributed by atoms with Gasteiger partial charge in [0.25, 0.3) is 0 Å². The lowest BCUT2D eigenvalue weighted by atomic mass is 9.95. The highest BCUT2D eigenvalue weighted by Gasteiger charge is 2.26. The highest BCUT2D eigenvalue weighted by molar-refractivity contribution is 7.17. The second kappa shape index (κ2) is 10.3. The Bertz CT molecular complexity index is 947. The molecule has 0 saturated heterocycles. The van der Waals surface area contributed by atoms with Crippen molar-refractivity contribution < 1.29 is 23.8 Å². The summed E-state index contributed by atoms with van der Waals surface area (Å²) in [5, 5.41) is 3.42. The summed E-state index contributed by atoms with van der Waals surface area (Å²) in [5.41, 5.74) is 2.33. The van der Waals surface area contributed by atoms with Crippen molar-refractivity contribution in [2.45, 2.75) is 39.5 Å². The SMILES string of the molecule is CCOc1ccc(/C=C/C(=O)Nc2sc3c(c2C(=O)OC)CCCC3)cc1OCC. The van der Waals surface area contributed by atoms with Gasteiger partial charge < -0.3 is 19.5 Å². The summed E-state index contributed by atoms with van der Waals surface area (Å²) < 4.78 is 16.1. The Morgan fingerprint density at radius 3 is 2.57 bits per heavy atom. The fourth-order valence-corrected chi connectivity index (χ4v) is 4.75. The van der Waals surface area contributed by atoms with Gasteiger partial charge in [-0.2, -0.15) is 0 Å². The van der Waals surface area contributed by atoms with Crippen molar-refractivity contribution in [3.05, 3.63) is 45.8 Å². The normalized spacial score (nSPS) is 13.0. The van der Waals surface area contributed by atoms with E-state index in [4.69, 9.17) is 14.2 Å². The van der Waals surface area contributed by atoms with Gasteiger partial charge in [0.15, 0.2) is 11.5 Å². The molecular formula is C23H27NO5S. The van der Waals surface area contributed by atoms with Crippen molar-refractivity contribution in [1.29, 1.82) is 0 Å². The van der Waals surface area contributed by atoms with Gasteiger partial charge in [0.05, 0.1) is 25.9 Å². The minimum Gasteiger partial charge on any atom is -0.490 e. The number of hydrogen-bond acceptors (Lipinski definition) is 6. The van der Waals surface area contributed by atoms with Gasteiger partial charge in [-0.15, -0.1) is 11.3 Å². The zero-order chi connectivity index (χ0) is 21.5. The minimum atomic E-state index is -0.401. The van der Waals surface area contributed by atoms with E-state index in [0.717, 1.165) is 41.7 Å². The molecule has 30 heavy (non-hydrogen) atoms. The molecule has 6 nitrogen and oxygen atoms in total. The number of aryl methyl sites for hydroxylation is 1. The second-order valence-corrected chi connectivity index (χ2v) is 7.91. The average molecular weight is 430 g/mol. The number of thiophene rings is 1. The van der Waals surface area contributed by atoms with Gasteiger partial charge >= 0.3 is 5.97 Å². The maximum atomic E-state index is 12.5. The number of anilines is 1. The number of nitrogens with one attached hydrogen (secondary N) is 1. The topological polar surface area (TPSA) is 73.9 Å². The van der Waals surface area contributed by atoms with Gasteiger partial charge in [0.2, 0.25) is 5.91 Å². The third kappa shape index (κ3) is 5.02. The number of hydrogen-bond donors (Lipinski definition) is 1. The van der Waals surface area contributed by atoms with E-state index in [1.807, 2.05) is 32.0 Å². The molecule has 3 rings (SSSR count). The first kappa shape index (κ1) is 21.9. The molecule has 0 atom stereocenters. The number of rotatable bonds is 8. The average Bonchev–Trinajstić information content (AvgIpc) is 3.11. The predicted molar refractivity (Wildman–Crippen MR) is 119 cm³/mol. The molecule has 1 amide bonds. The van der Waals surface area contributed by atoms with Crippen molar-refractivity contribution in [2.24, 2.45) is 0 Å². The number of benzene rings is 1. The molecule has 160 valence electrons. The number of amides is 1. The van der Waals surface area contributed by atoms with Gasteiger partial charge in [0, 0.05) is 11.0 Å². The smallest absolute Gasteiger partial charge is 0.341 e. The molecule has 1 heterocycles. The molecule has 0 radical (unpaired) electrons. The van der Waals surface area contributed by atoms with Crippen molar-refractivity contribution in [2.75, 3.05) is 25.6 Å². The molecule has 1 aromatic carbocycles. The Morgan fingerprint density at radius 2 is 1.83 bits per heavy atom. The first-order valence-corrected chi connectivity index (χ1v) is 11.0. The van der Waals surface area contributed by atoms with Crippen LogP contribution in [0.4, 0.5) is 5.00 Å². The Labute approximate surface area is 180 Å². The highest BCUT2D eigenvalue weighted by Crippen LogP contribution is 2.38. The number of methoxy groups -OCH3 is 1. The number of ether oxygens (including phenoxy) is 3. The summed E-state index contributed by atoms with van der Waals surface area (Å²) in [6.45, 7) is 4.89. The predicted octanol–water partition coefficient (Wildman–Crippen LogP) is 4.86. The summed E-state index contributed by atoms with van der Waals surface area (Å²) in [6, 6.07) is 5.53. The van der Waals surface area contributed by atoms with E-state index in [1.165, 1.54) is 24.5 Å². The molecule has 0 bridgehead atoms. The zero-order valence-electron chi connectivity index (χ0n) is 17.6. The quantitative estimate of drug-likeness (QED) is 0.479. The highest BCUT2D eigenvalue weighted by atomic mass is 32.1. The Kier molecular flexibility index (Phi) is 7.52. The number of esters is 1. The third-order valence-electron chi connectivity index (χ3n) is 4.79. The fraction of sp³-hybridized carbons (Fsp3) is 0.391. The van der Waals surface area contributed by atoms with Gasteiger partial charge in [0.1, 0.15) is 5.00 Å². The van der Waals surface area contributed by atoms with Crippen LogP contribution in [-0.4, -0.2) is 32.2 Å². The summed E-state index contributed by atoms with van der Waals surface area (Å²) in [7, 11) is 1.36. The maximum Gasteiger partial charge on any atom is 0.341 e. The molecule has 1 aromatic heterocycles.